The maximum absolute atomic E-state index is 13.5. The van der Waals surface area contributed by atoms with E-state index in [0.717, 1.165) is 0 Å². The number of halogens is 2. The van der Waals surface area contributed by atoms with Crippen LogP contribution in [0.15, 0.2) is 41.3 Å². The summed E-state index contributed by atoms with van der Waals surface area (Å²) >= 11 is 5.94. The van der Waals surface area contributed by atoms with Crippen molar-refractivity contribution in [2.24, 2.45) is 5.73 Å². The Labute approximate surface area is 127 Å². The van der Waals surface area contributed by atoms with E-state index in [1.807, 2.05) is 0 Å². The van der Waals surface area contributed by atoms with E-state index < -0.39 is 15.8 Å². The Morgan fingerprint density at radius 2 is 2.00 bits per heavy atom. The standard InChI is InChI=1S/C14H14ClFN2O2S/c1-9-12(16)3-2-4-13(9)18-21(19,20)14-7-10(8-17)5-6-11(14)15/h2-7,18H,8,17H2,1H3. The summed E-state index contributed by atoms with van der Waals surface area (Å²) in [7, 11) is -3.92. The summed E-state index contributed by atoms with van der Waals surface area (Å²) in [6, 6.07) is 8.69. The van der Waals surface area contributed by atoms with Gasteiger partial charge in [0.15, 0.2) is 0 Å². The third-order valence-corrected chi connectivity index (χ3v) is 4.88. The molecular formula is C14H14ClFN2O2S. The number of nitrogens with two attached hydrogens (primary N) is 1. The van der Waals surface area contributed by atoms with E-state index in [0.29, 0.717) is 5.56 Å². The Morgan fingerprint density at radius 3 is 2.67 bits per heavy atom. The van der Waals surface area contributed by atoms with Crippen LogP contribution in [0.25, 0.3) is 0 Å². The molecule has 2 aromatic rings. The van der Waals surface area contributed by atoms with Crippen molar-refractivity contribution in [3.63, 3.8) is 0 Å². The molecule has 0 aromatic heterocycles. The fourth-order valence-corrected chi connectivity index (χ4v) is 3.47. The van der Waals surface area contributed by atoms with Crippen molar-refractivity contribution < 1.29 is 12.8 Å². The number of hydrogen-bond donors (Lipinski definition) is 2. The van der Waals surface area contributed by atoms with E-state index in [2.05, 4.69) is 4.72 Å². The highest BCUT2D eigenvalue weighted by Gasteiger charge is 2.20. The first-order chi connectivity index (χ1) is 9.85. The lowest BCUT2D eigenvalue weighted by atomic mass is 10.2. The largest absolute Gasteiger partial charge is 0.326 e. The van der Waals surface area contributed by atoms with Crippen LogP contribution in [0.4, 0.5) is 10.1 Å². The van der Waals surface area contributed by atoms with Gasteiger partial charge in [0.25, 0.3) is 10.0 Å². The van der Waals surface area contributed by atoms with Crippen LogP contribution >= 0.6 is 11.6 Å². The predicted octanol–water partition coefficient (Wildman–Crippen LogP) is 3.05. The smallest absolute Gasteiger partial charge is 0.263 e. The van der Waals surface area contributed by atoms with Gasteiger partial charge in [0.05, 0.1) is 10.7 Å². The third kappa shape index (κ3) is 3.34. The maximum Gasteiger partial charge on any atom is 0.263 e. The van der Waals surface area contributed by atoms with Crippen molar-refractivity contribution in [3.8, 4) is 0 Å². The second-order valence-electron chi connectivity index (χ2n) is 4.49. The van der Waals surface area contributed by atoms with E-state index >= 15 is 0 Å². The van der Waals surface area contributed by atoms with Gasteiger partial charge >= 0.3 is 0 Å². The van der Waals surface area contributed by atoms with E-state index in [4.69, 9.17) is 17.3 Å². The summed E-state index contributed by atoms with van der Waals surface area (Å²) in [5.41, 5.74) is 6.52. The molecular weight excluding hydrogens is 315 g/mol. The highest BCUT2D eigenvalue weighted by atomic mass is 35.5. The minimum Gasteiger partial charge on any atom is -0.326 e. The summed E-state index contributed by atoms with van der Waals surface area (Å²) in [5, 5.41) is 0.0776. The second kappa shape index (κ2) is 6.01. The van der Waals surface area contributed by atoms with Crippen LogP contribution in [0.3, 0.4) is 0 Å². The zero-order valence-electron chi connectivity index (χ0n) is 11.2. The molecule has 3 N–H and O–H groups in total. The molecule has 0 fully saturated rings. The normalized spacial score (nSPS) is 11.4. The predicted molar refractivity (Wildman–Crippen MR) is 81.3 cm³/mol. The van der Waals surface area contributed by atoms with Gasteiger partial charge in [-0.1, -0.05) is 23.7 Å². The molecule has 0 saturated heterocycles. The first kappa shape index (κ1) is 15.8. The van der Waals surface area contributed by atoms with Crippen molar-refractivity contribution in [2.75, 3.05) is 4.72 Å². The fraction of sp³-hybridized carbons (Fsp3) is 0.143. The topological polar surface area (TPSA) is 72.2 Å². The second-order valence-corrected chi connectivity index (χ2v) is 6.54. The Bertz CT molecular complexity index is 779. The summed E-state index contributed by atoms with van der Waals surface area (Å²) in [6.07, 6.45) is 0. The molecule has 0 heterocycles. The van der Waals surface area contributed by atoms with Crippen molar-refractivity contribution >= 4 is 27.3 Å². The molecule has 112 valence electrons. The first-order valence-corrected chi connectivity index (χ1v) is 7.97. The van der Waals surface area contributed by atoms with Gasteiger partial charge in [0, 0.05) is 12.1 Å². The maximum atomic E-state index is 13.5. The average Bonchev–Trinajstić information content (AvgIpc) is 2.44. The summed E-state index contributed by atoms with van der Waals surface area (Å²) in [4.78, 5) is -0.0872. The average molecular weight is 329 g/mol. The van der Waals surface area contributed by atoms with E-state index in [-0.39, 0.29) is 27.7 Å². The van der Waals surface area contributed by atoms with E-state index in [1.54, 1.807) is 6.07 Å². The van der Waals surface area contributed by atoms with Gasteiger partial charge in [-0.2, -0.15) is 0 Å². The first-order valence-electron chi connectivity index (χ1n) is 6.11. The fourth-order valence-electron chi connectivity index (χ4n) is 1.80. The molecule has 2 rings (SSSR count). The van der Waals surface area contributed by atoms with Gasteiger partial charge < -0.3 is 5.73 Å². The van der Waals surface area contributed by atoms with Crippen LogP contribution in [0, 0.1) is 12.7 Å². The van der Waals surface area contributed by atoms with Crippen LogP contribution in [0.1, 0.15) is 11.1 Å². The van der Waals surface area contributed by atoms with E-state index in [9.17, 15) is 12.8 Å². The van der Waals surface area contributed by atoms with Crippen LogP contribution in [0.5, 0.6) is 0 Å². The quantitative estimate of drug-likeness (QED) is 0.906. The highest BCUT2D eigenvalue weighted by molar-refractivity contribution is 7.92. The SMILES string of the molecule is Cc1c(F)cccc1NS(=O)(=O)c1cc(CN)ccc1Cl. The van der Waals surface area contributed by atoms with Crippen molar-refractivity contribution in [1.29, 1.82) is 0 Å². The summed E-state index contributed by atoms with van der Waals surface area (Å²) in [5.74, 6) is -0.489. The van der Waals surface area contributed by atoms with Gasteiger partial charge in [0.2, 0.25) is 0 Å². The third-order valence-electron chi connectivity index (χ3n) is 3.03. The van der Waals surface area contributed by atoms with E-state index in [1.165, 1.54) is 37.3 Å². The summed E-state index contributed by atoms with van der Waals surface area (Å²) < 4.78 is 40.6. The zero-order chi connectivity index (χ0) is 15.6. The number of benzene rings is 2. The molecule has 0 atom stereocenters. The molecule has 0 aliphatic heterocycles. The molecule has 4 nitrogen and oxygen atoms in total. The lowest BCUT2D eigenvalue weighted by Gasteiger charge is -2.12. The molecule has 0 saturated carbocycles. The van der Waals surface area contributed by atoms with Crippen LogP contribution in [-0.2, 0) is 16.6 Å². The number of sulfonamides is 1. The molecule has 0 aliphatic carbocycles. The Hall–Kier alpha value is -1.63. The van der Waals surface area contributed by atoms with Crippen molar-refractivity contribution in [3.05, 3.63) is 58.4 Å². The van der Waals surface area contributed by atoms with Gasteiger partial charge in [-0.3, -0.25) is 4.72 Å². The summed E-state index contributed by atoms with van der Waals surface area (Å²) in [6.45, 7) is 1.68. The number of hydrogen-bond acceptors (Lipinski definition) is 3. The molecule has 0 unspecified atom stereocenters. The van der Waals surface area contributed by atoms with Gasteiger partial charge in [-0.05, 0) is 36.8 Å². The Balaban J connectivity index is 2.46. The zero-order valence-corrected chi connectivity index (χ0v) is 12.8. The Morgan fingerprint density at radius 1 is 1.29 bits per heavy atom. The molecule has 0 bridgehead atoms. The monoisotopic (exact) mass is 328 g/mol. The van der Waals surface area contributed by atoms with Gasteiger partial charge in [-0.15, -0.1) is 0 Å². The number of anilines is 1. The van der Waals surface area contributed by atoms with Crippen molar-refractivity contribution in [2.45, 2.75) is 18.4 Å². The molecule has 2 aromatic carbocycles. The molecule has 0 spiro atoms. The molecule has 0 aliphatic rings. The molecule has 7 heteroatoms. The van der Waals surface area contributed by atoms with Gasteiger partial charge in [0.1, 0.15) is 10.7 Å². The number of rotatable bonds is 4. The molecule has 0 amide bonds. The lowest BCUT2D eigenvalue weighted by molar-refractivity contribution is 0.600. The van der Waals surface area contributed by atoms with Crippen LogP contribution < -0.4 is 10.5 Å². The molecule has 21 heavy (non-hydrogen) atoms. The van der Waals surface area contributed by atoms with Crippen LogP contribution in [0.2, 0.25) is 5.02 Å². The Kier molecular flexibility index (Phi) is 4.51. The van der Waals surface area contributed by atoms with Crippen LogP contribution in [-0.4, -0.2) is 8.42 Å². The minimum atomic E-state index is -3.92. The lowest BCUT2D eigenvalue weighted by Crippen LogP contribution is -2.15. The van der Waals surface area contributed by atoms with Gasteiger partial charge in [-0.25, -0.2) is 12.8 Å². The highest BCUT2D eigenvalue weighted by Crippen LogP contribution is 2.26. The minimum absolute atomic E-state index is 0.0776. The van der Waals surface area contributed by atoms with Crippen molar-refractivity contribution in [1.82, 2.24) is 0 Å². The molecule has 0 radical (unpaired) electrons. The number of nitrogens with one attached hydrogen (secondary N) is 1.